The maximum Gasteiger partial charge on any atom is 0.318 e. The predicted molar refractivity (Wildman–Crippen MR) is 94.4 cm³/mol. The topological polar surface area (TPSA) is 96.2 Å². The number of benzene rings is 1. The standard InChI is InChI=1S/C17H23N7O2/c1-12-4-6-14(7-5-12)16(25)23-8-10-24(11-9-23)17(26)18-13(2)15-19-20-21-22(15)3/h4-7,13H,8-11H2,1-3H3,(H,18,26). The summed E-state index contributed by atoms with van der Waals surface area (Å²) in [6.07, 6.45) is 0. The Morgan fingerprint density at radius 1 is 1.08 bits per heavy atom. The molecular weight excluding hydrogens is 334 g/mol. The number of amides is 3. The van der Waals surface area contributed by atoms with Crippen LogP contribution in [0.2, 0.25) is 0 Å². The molecule has 1 atom stereocenters. The summed E-state index contributed by atoms with van der Waals surface area (Å²) >= 11 is 0. The average molecular weight is 357 g/mol. The van der Waals surface area contributed by atoms with Crippen LogP contribution in [-0.4, -0.2) is 68.1 Å². The summed E-state index contributed by atoms with van der Waals surface area (Å²) in [5.74, 6) is 0.593. The molecule has 1 aliphatic rings. The Morgan fingerprint density at radius 3 is 2.27 bits per heavy atom. The predicted octanol–water partition coefficient (Wildman–Crippen LogP) is 0.747. The molecule has 1 aliphatic heterocycles. The normalized spacial score (nSPS) is 15.7. The Kier molecular flexibility index (Phi) is 5.15. The fraction of sp³-hybridized carbons (Fsp3) is 0.471. The maximum absolute atomic E-state index is 12.5. The van der Waals surface area contributed by atoms with Gasteiger partial charge in [0.25, 0.3) is 5.91 Å². The van der Waals surface area contributed by atoms with E-state index < -0.39 is 0 Å². The van der Waals surface area contributed by atoms with Gasteiger partial charge >= 0.3 is 6.03 Å². The van der Waals surface area contributed by atoms with Gasteiger partial charge in [-0.1, -0.05) is 17.7 Å². The number of hydrogen-bond donors (Lipinski definition) is 1. The smallest absolute Gasteiger partial charge is 0.318 e. The molecule has 0 radical (unpaired) electrons. The molecule has 0 spiro atoms. The third kappa shape index (κ3) is 3.81. The average Bonchev–Trinajstić information content (AvgIpc) is 3.08. The van der Waals surface area contributed by atoms with E-state index >= 15 is 0 Å². The van der Waals surface area contributed by atoms with Crippen LogP contribution >= 0.6 is 0 Å². The summed E-state index contributed by atoms with van der Waals surface area (Å²) in [6.45, 7) is 5.84. The van der Waals surface area contributed by atoms with Gasteiger partial charge < -0.3 is 15.1 Å². The molecule has 1 N–H and O–H groups in total. The minimum atomic E-state index is -0.297. The lowest BCUT2D eigenvalue weighted by atomic mass is 10.1. The first kappa shape index (κ1) is 17.8. The highest BCUT2D eigenvalue weighted by atomic mass is 16.2. The van der Waals surface area contributed by atoms with E-state index in [-0.39, 0.29) is 18.0 Å². The van der Waals surface area contributed by atoms with Crippen molar-refractivity contribution in [3.8, 4) is 0 Å². The van der Waals surface area contributed by atoms with Gasteiger partial charge in [0.15, 0.2) is 5.82 Å². The number of rotatable bonds is 3. The molecule has 3 rings (SSSR count). The zero-order chi connectivity index (χ0) is 18.7. The van der Waals surface area contributed by atoms with E-state index in [0.29, 0.717) is 37.6 Å². The van der Waals surface area contributed by atoms with Crippen molar-refractivity contribution in [2.45, 2.75) is 19.9 Å². The quantitative estimate of drug-likeness (QED) is 0.874. The van der Waals surface area contributed by atoms with Gasteiger partial charge in [0.1, 0.15) is 0 Å². The number of urea groups is 1. The van der Waals surface area contributed by atoms with Crippen molar-refractivity contribution >= 4 is 11.9 Å². The molecular formula is C17H23N7O2. The molecule has 1 aromatic carbocycles. The summed E-state index contributed by atoms with van der Waals surface area (Å²) in [7, 11) is 1.73. The number of nitrogens with zero attached hydrogens (tertiary/aromatic N) is 6. The third-order valence-corrected chi connectivity index (χ3v) is 4.53. The van der Waals surface area contributed by atoms with Crippen molar-refractivity contribution in [3.05, 3.63) is 41.2 Å². The summed E-state index contributed by atoms with van der Waals surface area (Å²) in [6, 6.07) is 7.07. The third-order valence-electron chi connectivity index (χ3n) is 4.53. The van der Waals surface area contributed by atoms with Crippen molar-refractivity contribution in [1.82, 2.24) is 35.3 Å². The van der Waals surface area contributed by atoms with E-state index in [4.69, 9.17) is 0 Å². The van der Waals surface area contributed by atoms with Crippen molar-refractivity contribution < 1.29 is 9.59 Å². The second-order valence-corrected chi connectivity index (χ2v) is 6.48. The number of carbonyl (C=O) groups is 2. The van der Waals surface area contributed by atoms with Crippen molar-refractivity contribution in [1.29, 1.82) is 0 Å². The molecule has 0 bridgehead atoms. The summed E-state index contributed by atoms with van der Waals surface area (Å²) in [5.41, 5.74) is 1.80. The van der Waals surface area contributed by atoms with Crippen LogP contribution in [0, 0.1) is 6.92 Å². The van der Waals surface area contributed by atoms with Crippen molar-refractivity contribution in [2.75, 3.05) is 26.2 Å². The minimum absolute atomic E-state index is 0.00332. The summed E-state index contributed by atoms with van der Waals surface area (Å²) in [4.78, 5) is 28.5. The van der Waals surface area contributed by atoms with E-state index in [2.05, 4.69) is 20.8 Å². The van der Waals surface area contributed by atoms with Crippen LogP contribution < -0.4 is 5.32 Å². The molecule has 1 saturated heterocycles. The Bertz CT molecular complexity index is 779. The number of piperazine rings is 1. The number of aromatic nitrogens is 4. The van der Waals surface area contributed by atoms with Gasteiger partial charge in [-0.25, -0.2) is 9.48 Å². The van der Waals surface area contributed by atoms with Gasteiger partial charge in [0.05, 0.1) is 6.04 Å². The van der Waals surface area contributed by atoms with Gasteiger partial charge in [-0.15, -0.1) is 5.10 Å². The second kappa shape index (κ2) is 7.51. The first-order chi connectivity index (χ1) is 12.5. The van der Waals surface area contributed by atoms with Crippen molar-refractivity contribution in [3.63, 3.8) is 0 Å². The molecule has 26 heavy (non-hydrogen) atoms. The van der Waals surface area contributed by atoms with Crippen LogP contribution in [0.5, 0.6) is 0 Å². The molecule has 1 fully saturated rings. The van der Waals surface area contributed by atoms with Crippen molar-refractivity contribution in [2.24, 2.45) is 7.05 Å². The van der Waals surface area contributed by atoms with Crippen LogP contribution in [0.3, 0.4) is 0 Å². The first-order valence-corrected chi connectivity index (χ1v) is 8.59. The summed E-state index contributed by atoms with van der Waals surface area (Å²) in [5, 5.41) is 14.1. The molecule has 2 heterocycles. The molecule has 0 saturated carbocycles. The first-order valence-electron chi connectivity index (χ1n) is 8.59. The molecule has 9 heteroatoms. The van der Waals surface area contributed by atoms with Crippen LogP contribution in [0.4, 0.5) is 4.79 Å². The van der Waals surface area contributed by atoms with Gasteiger partial charge in [-0.2, -0.15) is 0 Å². The van der Waals surface area contributed by atoms with Crippen LogP contribution in [0.1, 0.15) is 34.7 Å². The molecule has 3 amide bonds. The number of hydrogen-bond acceptors (Lipinski definition) is 5. The highest BCUT2D eigenvalue weighted by molar-refractivity contribution is 5.94. The lowest BCUT2D eigenvalue weighted by Crippen LogP contribution is -2.53. The zero-order valence-corrected chi connectivity index (χ0v) is 15.2. The van der Waals surface area contributed by atoms with E-state index in [1.807, 2.05) is 38.1 Å². The minimum Gasteiger partial charge on any atom is -0.335 e. The molecule has 2 aromatic rings. The number of carbonyl (C=O) groups excluding carboxylic acids is 2. The summed E-state index contributed by atoms with van der Waals surface area (Å²) < 4.78 is 1.53. The van der Waals surface area contributed by atoms with Gasteiger partial charge in [-0.05, 0) is 36.4 Å². The molecule has 1 unspecified atom stereocenters. The Hall–Kier alpha value is -2.97. The zero-order valence-electron chi connectivity index (χ0n) is 15.2. The Labute approximate surface area is 152 Å². The SMILES string of the molecule is Cc1ccc(C(=O)N2CCN(C(=O)NC(C)c3nnnn3C)CC2)cc1. The van der Waals surface area contributed by atoms with E-state index in [1.54, 1.807) is 16.8 Å². The molecule has 0 aliphatic carbocycles. The Morgan fingerprint density at radius 2 is 1.69 bits per heavy atom. The molecule has 138 valence electrons. The maximum atomic E-state index is 12.5. The second-order valence-electron chi connectivity index (χ2n) is 6.48. The molecule has 1 aromatic heterocycles. The van der Waals surface area contributed by atoms with Crippen LogP contribution in [-0.2, 0) is 7.05 Å². The highest BCUT2D eigenvalue weighted by Gasteiger charge is 2.26. The lowest BCUT2D eigenvalue weighted by molar-refractivity contribution is 0.0663. The number of aryl methyl sites for hydroxylation is 2. The fourth-order valence-corrected chi connectivity index (χ4v) is 2.94. The number of tetrazole rings is 1. The van der Waals surface area contributed by atoms with E-state index in [0.717, 1.165) is 5.56 Å². The van der Waals surface area contributed by atoms with Crippen LogP contribution in [0.15, 0.2) is 24.3 Å². The lowest BCUT2D eigenvalue weighted by Gasteiger charge is -2.35. The molecule has 9 nitrogen and oxygen atoms in total. The van der Waals surface area contributed by atoms with Gasteiger partial charge in [0, 0.05) is 38.8 Å². The van der Waals surface area contributed by atoms with Gasteiger partial charge in [0.2, 0.25) is 0 Å². The highest BCUT2D eigenvalue weighted by Crippen LogP contribution is 2.12. The van der Waals surface area contributed by atoms with E-state index in [9.17, 15) is 9.59 Å². The van der Waals surface area contributed by atoms with Crippen LogP contribution in [0.25, 0.3) is 0 Å². The Balaban J connectivity index is 1.53. The monoisotopic (exact) mass is 357 g/mol. The fourth-order valence-electron chi connectivity index (χ4n) is 2.94. The largest absolute Gasteiger partial charge is 0.335 e. The number of nitrogens with one attached hydrogen (secondary N) is 1. The van der Waals surface area contributed by atoms with E-state index in [1.165, 1.54) is 4.68 Å². The van der Waals surface area contributed by atoms with Gasteiger partial charge in [-0.3, -0.25) is 4.79 Å².